The fraction of sp³-hybridized carbons (Fsp3) is 0.409. The van der Waals surface area contributed by atoms with Crippen LogP contribution in [0.2, 0.25) is 0 Å². The van der Waals surface area contributed by atoms with Gasteiger partial charge in [0.2, 0.25) is 0 Å². The number of carbonyl (C=O) groups is 3. The van der Waals surface area contributed by atoms with Gasteiger partial charge in [-0.05, 0) is 39.1 Å². The molecule has 1 fully saturated rings. The third kappa shape index (κ3) is 2.66. The normalized spacial score (nSPS) is 32.7. The molecule has 0 aromatic heterocycles. The zero-order valence-electron chi connectivity index (χ0n) is 17.3. The minimum Gasteiger partial charge on any atom is -0.510 e. The van der Waals surface area contributed by atoms with Gasteiger partial charge < -0.3 is 26.2 Å². The Hall–Kier alpha value is -3.17. The zero-order valence-corrected chi connectivity index (χ0v) is 17.3. The molecule has 0 bridgehead atoms. The molecule has 1 amide bonds. The number of nitrogens with two attached hydrogens (primary N) is 1. The van der Waals surface area contributed by atoms with Gasteiger partial charge in [0.15, 0.2) is 11.6 Å². The summed E-state index contributed by atoms with van der Waals surface area (Å²) in [6, 6.07) is 3.47. The number of carbonyl (C=O) groups excluding carboxylic acids is 3. The number of ketones is 2. The number of amides is 1. The third-order valence-electron chi connectivity index (χ3n) is 6.88. The van der Waals surface area contributed by atoms with Crippen LogP contribution in [-0.4, -0.2) is 62.9 Å². The Bertz CT molecular complexity index is 1100. The molecule has 1 aromatic rings. The lowest BCUT2D eigenvalue weighted by Crippen LogP contribution is -2.57. The average molecular weight is 428 g/mol. The van der Waals surface area contributed by atoms with E-state index in [1.165, 1.54) is 25.1 Å². The highest BCUT2D eigenvalue weighted by atomic mass is 16.3. The van der Waals surface area contributed by atoms with Gasteiger partial charge in [0.25, 0.3) is 5.91 Å². The van der Waals surface area contributed by atoms with Crippen LogP contribution in [0.1, 0.15) is 29.3 Å². The largest absolute Gasteiger partial charge is 0.510 e. The van der Waals surface area contributed by atoms with Crippen molar-refractivity contribution in [1.82, 2.24) is 4.90 Å². The summed E-state index contributed by atoms with van der Waals surface area (Å²) in [6.45, 7) is 1.48. The Morgan fingerprint density at radius 2 is 1.81 bits per heavy atom. The van der Waals surface area contributed by atoms with Gasteiger partial charge >= 0.3 is 0 Å². The molecule has 9 heteroatoms. The second-order valence-electron chi connectivity index (χ2n) is 8.80. The number of benzene rings is 1. The molecule has 0 heterocycles. The number of Topliss-reactive ketones (excluding diaryl/α,β-unsaturated/α-hetero) is 2. The predicted octanol–water partition coefficient (Wildman–Crippen LogP) is 0.671. The molecule has 0 saturated heterocycles. The summed E-state index contributed by atoms with van der Waals surface area (Å²) in [5.41, 5.74) is 3.06. The molecule has 9 nitrogen and oxygen atoms in total. The minimum atomic E-state index is -1.64. The van der Waals surface area contributed by atoms with E-state index in [2.05, 4.69) is 0 Å². The van der Waals surface area contributed by atoms with Gasteiger partial charge in [0.05, 0.1) is 23.1 Å². The first-order chi connectivity index (χ1) is 14.4. The van der Waals surface area contributed by atoms with Gasteiger partial charge in [-0.15, -0.1) is 0 Å². The van der Waals surface area contributed by atoms with Gasteiger partial charge in [0.1, 0.15) is 22.8 Å². The predicted molar refractivity (Wildman–Crippen MR) is 108 cm³/mol. The van der Waals surface area contributed by atoms with Crippen LogP contribution in [0.25, 0.3) is 0 Å². The topological polar surface area (TPSA) is 161 Å². The van der Waals surface area contributed by atoms with Crippen molar-refractivity contribution in [2.24, 2.45) is 23.5 Å². The Morgan fingerprint density at radius 1 is 1.16 bits per heavy atom. The Morgan fingerprint density at radius 3 is 2.39 bits per heavy atom. The van der Waals surface area contributed by atoms with E-state index in [-0.39, 0.29) is 28.9 Å². The van der Waals surface area contributed by atoms with Crippen LogP contribution in [0.3, 0.4) is 0 Å². The minimum absolute atomic E-state index is 0.0720. The van der Waals surface area contributed by atoms with Crippen LogP contribution in [-0.2, 0) is 15.2 Å². The monoisotopic (exact) mass is 428 g/mol. The van der Waals surface area contributed by atoms with Crippen molar-refractivity contribution in [1.29, 1.82) is 0 Å². The molecule has 6 N–H and O–H groups in total. The molecule has 3 aliphatic carbocycles. The van der Waals surface area contributed by atoms with E-state index >= 15 is 0 Å². The van der Waals surface area contributed by atoms with Crippen LogP contribution in [0.5, 0.6) is 5.75 Å². The maximum Gasteiger partial charge on any atom is 0.255 e. The third-order valence-corrected chi connectivity index (χ3v) is 6.88. The van der Waals surface area contributed by atoms with Crippen molar-refractivity contribution in [3.63, 3.8) is 0 Å². The van der Waals surface area contributed by atoms with Crippen LogP contribution < -0.4 is 5.73 Å². The lowest BCUT2D eigenvalue weighted by molar-refractivity contribution is -0.130. The number of rotatable bonds is 2. The number of fused-ring (bicyclic) bond motifs is 3. The SMILES string of the molecule is CN(C)[C@@H]1C(O)=C(C(N)=O)C(O)=C2C(=O)[C@H]3C(=O)c4c(O)cccc4[C@@](C)(O)[C@H]3C[C@H]21. The highest BCUT2D eigenvalue weighted by Gasteiger charge is 2.59. The molecular weight excluding hydrogens is 404 g/mol. The maximum atomic E-state index is 13.6. The fourth-order valence-electron chi connectivity index (χ4n) is 5.51. The lowest BCUT2D eigenvalue weighted by atomic mass is 9.55. The quantitative estimate of drug-likeness (QED) is 0.429. The zero-order chi connectivity index (χ0) is 23.0. The molecule has 164 valence electrons. The van der Waals surface area contributed by atoms with Crippen molar-refractivity contribution in [2.45, 2.75) is 25.0 Å². The highest BCUT2D eigenvalue weighted by molar-refractivity contribution is 6.20. The van der Waals surface area contributed by atoms with E-state index in [0.717, 1.165) is 0 Å². The first-order valence-electron chi connectivity index (χ1n) is 9.87. The van der Waals surface area contributed by atoms with Crippen LogP contribution in [0.4, 0.5) is 0 Å². The highest BCUT2D eigenvalue weighted by Crippen LogP contribution is 2.54. The molecule has 1 saturated carbocycles. The van der Waals surface area contributed by atoms with Crippen molar-refractivity contribution in [2.75, 3.05) is 14.1 Å². The van der Waals surface area contributed by atoms with Gasteiger partial charge in [-0.3, -0.25) is 19.3 Å². The van der Waals surface area contributed by atoms with Gasteiger partial charge in [-0.2, -0.15) is 0 Å². The molecule has 1 aromatic carbocycles. The summed E-state index contributed by atoms with van der Waals surface area (Å²) >= 11 is 0. The summed E-state index contributed by atoms with van der Waals surface area (Å²) in [5.74, 6) is -7.08. The molecule has 5 atom stereocenters. The number of primary amides is 1. The standard InChI is InChI=1S/C22H24N2O7/c1-22(31)9-5-4-6-11(25)13(9)19(28)14-10(22)7-8-12(17(14)26)18(27)15(21(23)30)20(29)16(8)24(2)3/h4-6,8,10,14,16,25,27,29,31H,7H2,1-3H3,(H2,23,30)/t8-,10+,14+,16+,22-/m1/s1. The average Bonchev–Trinajstić information content (AvgIpc) is 2.65. The first kappa shape index (κ1) is 21.1. The maximum absolute atomic E-state index is 13.6. The van der Waals surface area contributed by atoms with E-state index in [1.807, 2.05) is 0 Å². The number of phenolic OH excluding ortho intramolecular Hbond substituents is 1. The van der Waals surface area contributed by atoms with Gasteiger partial charge in [-0.25, -0.2) is 0 Å². The van der Waals surface area contributed by atoms with E-state index in [9.17, 15) is 34.8 Å². The number of likely N-dealkylation sites (N-methyl/N-ethyl adjacent to an activating group) is 1. The van der Waals surface area contributed by atoms with Crippen LogP contribution in [0, 0.1) is 17.8 Å². The lowest BCUT2D eigenvalue weighted by Gasteiger charge is -2.50. The number of hydrogen-bond donors (Lipinski definition) is 5. The Kier molecular flexibility index (Phi) is 4.53. The number of nitrogens with zero attached hydrogens (tertiary/aromatic N) is 1. The van der Waals surface area contributed by atoms with Crippen molar-refractivity contribution in [3.05, 3.63) is 52.0 Å². The van der Waals surface area contributed by atoms with E-state index in [4.69, 9.17) is 5.73 Å². The molecule has 0 radical (unpaired) electrons. The molecule has 0 spiro atoms. The Balaban J connectivity index is 1.96. The number of aromatic hydroxyl groups is 1. The van der Waals surface area contributed by atoms with Gasteiger partial charge in [0, 0.05) is 17.4 Å². The van der Waals surface area contributed by atoms with Crippen molar-refractivity contribution >= 4 is 17.5 Å². The molecule has 4 rings (SSSR count). The molecule has 3 aliphatic rings. The fourth-order valence-corrected chi connectivity index (χ4v) is 5.51. The van der Waals surface area contributed by atoms with E-state index in [0.29, 0.717) is 0 Å². The van der Waals surface area contributed by atoms with Crippen LogP contribution >= 0.6 is 0 Å². The molecule has 0 unspecified atom stereocenters. The second-order valence-corrected chi connectivity index (χ2v) is 8.80. The van der Waals surface area contributed by atoms with E-state index in [1.54, 1.807) is 19.0 Å². The number of hydrogen-bond acceptors (Lipinski definition) is 8. The number of phenols is 1. The van der Waals surface area contributed by atoms with Crippen molar-refractivity contribution < 1.29 is 34.8 Å². The summed E-state index contributed by atoms with van der Waals surface area (Å²) in [5, 5.41) is 43.1. The smallest absolute Gasteiger partial charge is 0.255 e. The Labute approximate surface area is 178 Å². The molecular formula is C22H24N2O7. The number of aliphatic hydroxyl groups is 3. The molecule has 0 aliphatic heterocycles. The first-order valence-corrected chi connectivity index (χ1v) is 9.87. The van der Waals surface area contributed by atoms with Gasteiger partial charge in [-0.1, -0.05) is 12.1 Å². The summed E-state index contributed by atoms with van der Waals surface area (Å²) in [4.78, 5) is 40.4. The molecule has 31 heavy (non-hydrogen) atoms. The summed E-state index contributed by atoms with van der Waals surface area (Å²) in [6.07, 6.45) is 0.0720. The number of aliphatic hydroxyl groups excluding tert-OH is 2. The van der Waals surface area contributed by atoms with E-state index < -0.39 is 64.0 Å². The van der Waals surface area contributed by atoms with Crippen LogP contribution in [0.15, 0.2) is 40.9 Å². The summed E-state index contributed by atoms with van der Waals surface area (Å²) < 4.78 is 0. The second kappa shape index (κ2) is 6.66. The summed E-state index contributed by atoms with van der Waals surface area (Å²) in [7, 11) is 3.26. The van der Waals surface area contributed by atoms with Crippen molar-refractivity contribution in [3.8, 4) is 5.75 Å².